The lowest BCUT2D eigenvalue weighted by molar-refractivity contribution is 0.217. The average Bonchev–Trinajstić information content (AvgIpc) is 2.76. The second-order valence-electron chi connectivity index (χ2n) is 4.07. The van der Waals surface area contributed by atoms with Gasteiger partial charge in [-0.15, -0.1) is 0 Å². The molecule has 1 aliphatic rings. The molecule has 1 aromatic rings. The Kier molecular flexibility index (Phi) is 4.32. The second-order valence-corrected chi connectivity index (χ2v) is 4.07. The van der Waals surface area contributed by atoms with E-state index < -0.39 is 0 Å². The predicted molar refractivity (Wildman–Crippen MR) is 65.8 cm³/mol. The normalized spacial score (nSPS) is 15.1. The van der Waals surface area contributed by atoms with Crippen LogP contribution in [0.2, 0.25) is 0 Å². The number of nitrogens with one attached hydrogen (secondary N) is 2. The van der Waals surface area contributed by atoms with Crippen LogP contribution in [0.1, 0.15) is 5.56 Å². The number of rotatable bonds is 6. The van der Waals surface area contributed by atoms with E-state index in [0.717, 1.165) is 39.1 Å². The maximum absolute atomic E-state index is 11.2. The molecular weight excluding hydrogens is 216 g/mol. The molecule has 5 heteroatoms. The maximum Gasteiger partial charge on any atom is 0.317 e. The van der Waals surface area contributed by atoms with Crippen molar-refractivity contribution in [1.29, 1.82) is 0 Å². The van der Waals surface area contributed by atoms with Crippen molar-refractivity contribution in [1.82, 2.24) is 20.5 Å². The molecule has 0 atom stereocenters. The molecule has 0 aliphatic carbocycles. The Hall–Kier alpha value is -1.62. The minimum atomic E-state index is 0.0564. The fourth-order valence-corrected chi connectivity index (χ4v) is 1.85. The first-order chi connectivity index (χ1) is 8.36. The van der Waals surface area contributed by atoms with Crippen LogP contribution in [0.3, 0.4) is 0 Å². The largest absolute Gasteiger partial charge is 0.336 e. The van der Waals surface area contributed by atoms with Gasteiger partial charge in [-0.3, -0.25) is 4.98 Å². The Morgan fingerprint density at radius 2 is 2.18 bits per heavy atom. The van der Waals surface area contributed by atoms with Gasteiger partial charge in [0, 0.05) is 38.6 Å². The van der Waals surface area contributed by atoms with E-state index in [2.05, 4.69) is 15.6 Å². The fraction of sp³-hybridized carbons (Fsp3) is 0.500. The van der Waals surface area contributed by atoms with Crippen molar-refractivity contribution in [3.63, 3.8) is 0 Å². The first kappa shape index (κ1) is 11.9. The van der Waals surface area contributed by atoms with E-state index in [1.165, 1.54) is 5.56 Å². The lowest BCUT2D eigenvalue weighted by Crippen LogP contribution is -2.35. The van der Waals surface area contributed by atoms with Crippen molar-refractivity contribution in [3.05, 3.63) is 30.1 Å². The van der Waals surface area contributed by atoms with E-state index in [-0.39, 0.29) is 6.03 Å². The lowest BCUT2D eigenvalue weighted by Gasteiger charge is -2.14. The van der Waals surface area contributed by atoms with Gasteiger partial charge >= 0.3 is 6.03 Å². The molecular formula is C12H18N4O. The number of nitrogens with zero attached hydrogens (tertiary/aromatic N) is 2. The number of pyridine rings is 1. The average molecular weight is 234 g/mol. The molecule has 0 bridgehead atoms. The number of urea groups is 1. The summed E-state index contributed by atoms with van der Waals surface area (Å²) in [4.78, 5) is 17.1. The van der Waals surface area contributed by atoms with Crippen LogP contribution < -0.4 is 10.6 Å². The Morgan fingerprint density at radius 1 is 1.35 bits per heavy atom. The standard InChI is InChI=1S/C12H18N4O/c17-12-15-8-10-16(12)9-7-14-6-3-11-1-4-13-5-2-11/h1-2,4-5,14H,3,6-10H2,(H,15,17). The molecule has 0 spiro atoms. The quantitative estimate of drug-likeness (QED) is 0.693. The van der Waals surface area contributed by atoms with Crippen LogP contribution in [0.25, 0.3) is 0 Å². The van der Waals surface area contributed by atoms with Crippen LogP contribution in [-0.2, 0) is 6.42 Å². The van der Waals surface area contributed by atoms with Crippen molar-refractivity contribution in [2.45, 2.75) is 6.42 Å². The first-order valence-corrected chi connectivity index (χ1v) is 5.98. The number of carbonyl (C=O) groups is 1. The van der Waals surface area contributed by atoms with Crippen molar-refractivity contribution < 1.29 is 4.79 Å². The number of carbonyl (C=O) groups excluding carboxylic acids is 1. The van der Waals surface area contributed by atoms with Crippen molar-refractivity contribution in [2.24, 2.45) is 0 Å². The predicted octanol–water partition coefficient (Wildman–Crippen LogP) is 0.239. The molecule has 5 nitrogen and oxygen atoms in total. The van der Waals surface area contributed by atoms with E-state index in [4.69, 9.17) is 0 Å². The summed E-state index contributed by atoms with van der Waals surface area (Å²) in [5.74, 6) is 0. The third-order valence-electron chi connectivity index (χ3n) is 2.84. The summed E-state index contributed by atoms with van der Waals surface area (Å²) in [7, 11) is 0. The fourth-order valence-electron chi connectivity index (χ4n) is 1.85. The third-order valence-corrected chi connectivity index (χ3v) is 2.84. The third kappa shape index (κ3) is 3.71. The lowest BCUT2D eigenvalue weighted by atomic mass is 10.2. The highest BCUT2D eigenvalue weighted by molar-refractivity contribution is 5.76. The van der Waals surface area contributed by atoms with E-state index >= 15 is 0 Å². The second kappa shape index (κ2) is 6.20. The first-order valence-electron chi connectivity index (χ1n) is 5.98. The molecule has 2 N–H and O–H groups in total. The summed E-state index contributed by atoms with van der Waals surface area (Å²) in [6.07, 6.45) is 4.61. The summed E-state index contributed by atoms with van der Waals surface area (Å²) in [5.41, 5.74) is 1.28. The van der Waals surface area contributed by atoms with Gasteiger partial charge in [0.25, 0.3) is 0 Å². The number of amides is 2. The van der Waals surface area contributed by atoms with Crippen LogP contribution in [0.15, 0.2) is 24.5 Å². The zero-order valence-electron chi connectivity index (χ0n) is 9.85. The Balaban J connectivity index is 1.56. The highest BCUT2D eigenvalue weighted by Crippen LogP contribution is 1.96. The van der Waals surface area contributed by atoms with Crippen LogP contribution in [0.4, 0.5) is 4.79 Å². The molecule has 1 fully saturated rings. The molecule has 0 radical (unpaired) electrons. The van der Waals surface area contributed by atoms with Crippen LogP contribution in [0, 0.1) is 0 Å². The topological polar surface area (TPSA) is 57.3 Å². The molecule has 0 aromatic carbocycles. The molecule has 1 saturated heterocycles. The van der Waals surface area contributed by atoms with Gasteiger partial charge in [-0.25, -0.2) is 4.79 Å². The van der Waals surface area contributed by atoms with Gasteiger partial charge in [0.1, 0.15) is 0 Å². The molecule has 2 amide bonds. The van der Waals surface area contributed by atoms with Gasteiger partial charge in [-0.2, -0.15) is 0 Å². The monoisotopic (exact) mass is 234 g/mol. The summed E-state index contributed by atoms with van der Waals surface area (Å²) < 4.78 is 0. The van der Waals surface area contributed by atoms with E-state index in [0.29, 0.717) is 0 Å². The zero-order chi connectivity index (χ0) is 11.9. The number of aromatic nitrogens is 1. The molecule has 1 aromatic heterocycles. The smallest absolute Gasteiger partial charge is 0.317 e. The Bertz CT molecular complexity index is 355. The highest BCUT2D eigenvalue weighted by Gasteiger charge is 2.17. The molecule has 1 aliphatic heterocycles. The number of hydrogen-bond donors (Lipinski definition) is 2. The molecule has 17 heavy (non-hydrogen) atoms. The summed E-state index contributed by atoms with van der Waals surface area (Å²) in [5, 5.41) is 6.13. The zero-order valence-corrected chi connectivity index (χ0v) is 9.85. The minimum Gasteiger partial charge on any atom is -0.336 e. The van der Waals surface area contributed by atoms with Crippen LogP contribution in [0.5, 0.6) is 0 Å². The summed E-state index contributed by atoms with van der Waals surface area (Å²) >= 11 is 0. The van der Waals surface area contributed by atoms with Crippen LogP contribution in [-0.4, -0.2) is 48.6 Å². The van der Waals surface area contributed by atoms with Crippen molar-refractivity contribution in [3.8, 4) is 0 Å². The summed E-state index contributed by atoms with van der Waals surface area (Å²) in [6, 6.07) is 4.10. The van der Waals surface area contributed by atoms with Crippen molar-refractivity contribution >= 4 is 6.03 Å². The molecule has 0 saturated carbocycles. The van der Waals surface area contributed by atoms with Gasteiger partial charge in [0.05, 0.1) is 0 Å². The van der Waals surface area contributed by atoms with E-state index in [9.17, 15) is 4.79 Å². The Labute approximate surface area is 101 Å². The van der Waals surface area contributed by atoms with E-state index in [1.54, 1.807) is 0 Å². The van der Waals surface area contributed by atoms with Gasteiger partial charge in [-0.05, 0) is 30.7 Å². The summed E-state index contributed by atoms with van der Waals surface area (Å²) in [6.45, 7) is 4.15. The molecule has 2 heterocycles. The van der Waals surface area contributed by atoms with Crippen molar-refractivity contribution in [2.75, 3.05) is 32.7 Å². The van der Waals surface area contributed by atoms with Gasteiger partial charge in [0.2, 0.25) is 0 Å². The molecule has 2 rings (SSSR count). The number of hydrogen-bond acceptors (Lipinski definition) is 3. The molecule has 92 valence electrons. The van der Waals surface area contributed by atoms with Gasteiger partial charge < -0.3 is 15.5 Å². The van der Waals surface area contributed by atoms with E-state index in [1.807, 2.05) is 29.4 Å². The van der Waals surface area contributed by atoms with Crippen LogP contribution >= 0.6 is 0 Å². The minimum absolute atomic E-state index is 0.0564. The molecule has 0 unspecified atom stereocenters. The van der Waals surface area contributed by atoms with Gasteiger partial charge in [-0.1, -0.05) is 0 Å². The maximum atomic E-state index is 11.2. The Morgan fingerprint density at radius 3 is 2.88 bits per heavy atom. The SMILES string of the molecule is O=C1NCCN1CCNCCc1ccncc1. The highest BCUT2D eigenvalue weighted by atomic mass is 16.2. The van der Waals surface area contributed by atoms with Gasteiger partial charge in [0.15, 0.2) is 0 Å².